The molecule has 0 fully saturated rings. The van der Waals surface area contributed by atoms with E-state index in [0.717, 1.165) is 25.7 Å². The van der Waals surface area contributed by atoms with Crippen molar-refractivity contribution in [2.45, 2.75) is 65.0 Å². The molecule has 0 spiro atoms. The van der Waals surface area contributed by atoms with E-state index in [-0.39, 0.29) is 18.1 Å². The Labute approximate surface area is 105 Å². The molecule has 0 aliphatic heterocycles. The summed E-state index contributed by atoms with van der Waals surface area (Å²) in [6, 6.07) is 0.0695. The molecular weight excluding hydrogens is 218 g/mol. The van der Waals surface area contributed by atoms with E-state index in [1.165, 1.54) is 0 Å². The number of rotatable bonds is 10. The van der Waals surface area contributed by atoms with Crippen LogP contribution in [0.25, 0.3) is 0 Å². The minimum atomic E-state index is -0.0962. The van der Waals surface area contributed by atoms with E-state index in [1.54, 1.807) is 0 Å². The van der Waals surface area contributed by atoms with Gasteiger partial charge >= 0.3 is 5.97 Å². The lowest BCUT2D eigenvalue weighted by Crippen LogP contribution is -2.34. The van der Waals surface area contributed by atoms with Crippen LogP contribution in [-0.4, -0.2) is 31.3 Å². The summed E-state index contributed by atoms with van der Waals surface area (Å²) in [5.41, 5.74) is 5.83. The minimum Gasteiger partial charge on any atom is -0.466 e. The fourth-order valence-electron chi connectivity index (χ4n) is 1.74. The first-order valence-corrected chi connectivity index (χ1v) is 6.64. The summed E-state index contributed by atoms with van der Waals surface area (Å²) in [4.78, 5) is 11.1. The van der Waals surface area contributed by atoms with Crippen LogP contribution in [0.2, 0.25) is 0 Å². The summed E-state index contributed by atoms with van der Waals surface area (Å²) >= 11 is 0. The van der Waals surface area contributed by atoms with Gasteiger partial charge in [0.05, 0.1) is 12.7 Å². The Morgan fingerprint density at radius 1 is 1.18 bits per heavy atom. The van der Waals surface area contributed by atoms with Gasteiger partial charge in [-0.3, -0.25) is 4.79 Å². The van der Waals surface area contributed by atoms with Crippen molar-refractivity contribution in [2.75, 3.05) is 13.2 Å². The summed E-state index contributed by atoms with van der Waals surface area (Å²) in [5.74, 6) is -0.0962. The van der Waals surface area contributed by atoms with Crippen LogP contribution in [0, 0.1) is 0 Å². The second kappa shape index (κ2) is 10.5. The van der Waals surface area contributed by atoms with Gasteiger partial charge in [-0.15, -0.1) is 0 Å². The zero-order valence-corrected chi connectivity index (χ0v) is 11.4. The smallest absolute Gasteiger partial charge is 0.305 e. The van der Waals surface area contributed by atoms with Crippen LogP contribution < -0.4 is 5.73 Å². The third-order valence-electron chi connectivity index (χ3n) is 2.64. The molecule has 0 aromatic rings. The van der Waals surface area contributed by atoms with Gasteiger partial charge in [0, 0.05) is 19.1 Å². The molecule has 2 atom stereocenters. The predicted molar refractivity (Wildman–Crippen MR) is 68.8 cm³/mol. The van der Waals surface area contributed by atoms with Crippen molar-refractivity contribution in [2.24, 2.45) is 5.73 Å². The van der Waals surface area contributed by atoms with Crippen molar-refractivity contribution in [3.63, 3.8) is 0 Å². The Balaban J connectivity index is 3.51. The number of ether oxygens (including phenoxy) is 2. The van der Waals surface area contributed by atoms with Crippen LogP contribution >= 0.6 is 0 Å². The van der Waals surface area contributed by atoms with Gasteiger partial charge in [-0.2, -0.15) is 0 Å². The van der Waals surface area contributed by atoms with Crippen LogP contribution in [0.3, 0.4) is 0 Å². The summed E-state index contributed by atoms with van der Waals surface area (Å²) in [6.45, 7) is 6.95. The Kier molecular flexibility index (Phi) is 10.2. The number of esters is 1. The van der Waals surface area contributed by atoms with Gasteiger partial charge in [0.2, 0.25) is 0 Å². The molecule has 0 aromatic heterocycles. The molecule has 0 aliphatic carbocycles. The average molecular weight is 245 g/mol. The Morgan fingerprint density at radius 2 is 1.88 bits per heavy atom. The van der Waals surface area contributed by atoms with Crippen LogP contribution in [-0.2, 0) is 14.3 Å². The number of hydrogen-bond acceptors (Lipinski definition) is 4. The fourth-order valence-corrected chi connectivity index (χ4v) is 1.74. The predicted octanol–water partition coefficient (Wildman–Crippen LogP) is 2.25. The number of hydrogen-bond donors (Lipinski definition) is 1. The maximum Gasteiger partial charge on any atom is 0.305 e. The van der Waals surface area contributed by atoms with Crippen LogP contribution in [0.5, 0.6) is 0 Å². The van der Waals surface area contributed by atoms with E-state index < -0.39 is 0 Å². The molecule has 17 heavy (non-hydrogen) atoms. The quantitative estimate of drug-likeness (QED) is 0.473. The highest BCUT2D eigenvalue weighted by Gasteiger charge is 2.12. The molecule has 0 rings (SSSR count). The molecule has 102 valence electrons. The van der Waals surface area contributed by atoms with E-state index in [0.29, 0.717) is 19.6 Å². The number of nitrogens with two attached hydrogens (primary N) is 1. The zero-order valence-electron chi connectivity index (χ0n) is 11.4. The maximum atomic E-state index is 11.1. The first-order chi connectivity index (χ1) is 8.11. The third kappa shape index (κ3) is 9.12. The van der Waals surface area contributed by atoms with Crippen molar-refractivity contribution in [1.82, 2.24) is 0 Å². The highest BCUT2D eigenvalue weighted by Crippen LogP contribution is 2.11. The largest absolute Gasteiger partial charge is 0.466 e. The summed E-state index contributed by atoms with van der Waals surface area (Å²) in [5, 5.41) is 0. The third-order valence-corrected chi connectivity index (χ3v) is 2.64. The molecule has 0 aliphatic rings. The second-order valence-corrected chi connectivity index (χ2v) is 4.26. The molecule has 4 nitrogen and oxygen atoms in total. The van der Waals surface area contributed by atoms with Crippen molar-refractivity contribution in [3.05, 3.63) is 0 Å². The standard InChI is InChI=1S/C13H27NO3/c1-4-16-12(11(3)14)9-7-6-8-10-13(15)17-5-2/h11-12H,4-10,14H2,1-3H3. The van der Waals surface area contributed by atoms with E-state index in [4.69, 9.17) is 15.2 Å². The first kappa shape index (κ1) is 16.4. The van der Waals surface area contributed by atoms with Crippen molar-refractivity contribution < 1.29 is 14.3 Å². The van der Waals surface area contributed by atoms with Gasteiger partial charge in [-0.05, 0) is 33.6 Å². The van der Waals surface area contributed by atoms with E-state index in [1.807, 2.05) is 20.8 Å². The lowest BCUT2D eigenvalue weighted by atomic mass is 10.0. The lowest BCUT2D eigenvalue weighted by molar-refractivity contribution is -0.143. The summed E-state index contributed by atoms with van der Waals surface area (Å²) in [7, 11) is 0. The van der Waals surface area contributed by atoms with Crippen molar-refractivity contribution in [1.29, 1.82) is 0 Å². The topological polar surface area (TPSA) is 61.5 Å². The normalized spacial score (nSPS) is 14.4. The lowest BCUT2D eigenvalue weighted by Gasteiger charge is -2.20. The Morgan fingerprint density at radius 3 is 2.41 bits per heavy atom. The number of unbranched alkanes of at least 4 members (excludes halogenated alkanes) is 2. The highest BCUT2D eigenvalue weighted by atomic mass is 16.5. The minimum absolute atomic E-state index is 0.0695. The van der Waals surface area contributed by atoms with E-state index in [2.05, 4.69) is 0 Å². The molecule has 0 amide bonds. The average Bonchev–Trinajstić information content (AvgIpc) is 2.27. The Bertz CT molecular complexity index is 195. The molecule has 0 aromatic carbocycles. The molecular formula is C13H27NO3. The summed E-state index contributed by atoms with van der Waals surface area (Å²) < 4.78 is 10.4. The molecule has 4 heteroatoms. The number of carbonyl (C=O) groups is 1. The highest BCUT2D eigenvalue weighted by molar-refractivity contribution is 5.69. The van der Waals surface area contributed by atoms with Crippen LogP contribution in [0.15, 0.2) is 0 Å². The van der Waals surface area contributed by atoms with Gasteiger partial charge in [0.15, 0.2) is 0 Å². The molecule has 0 heterocycles. The Hall–Kier alpha value is -0.610. The number of carbonyl (C=O) groups excluding carboxylic acids is 1. The second-order valence-electron chi connectivity index (χ2n) is 4.26. The van der Waals surface area contributed by atoms with Gasteiger partial charge in [-0.25, -0.2) is 0 Å². The van der Waals surface area contributed by atoms with Gasteiger partial charge in [0.1, 0.15) is 0 Å². The monoisotopic (exact) mass is 245 g/mol. The molecule has 0 saturated carbocycles. The fraction of sp³-hybridized carbons (Fsp3) is 0.923. The molecule has 0 radical (unpaired) electrons. The molecule has 2 N–H and O–H groups in total. The van der Waals surface area contributed by atoms with E-state index >= 15 is 0 Å². The zero-order chi connectivity index (χ0) is 13.1. The van der Waals surface area contributed by atoms with Gasteiger partial charge in [-0.1, -0.05) is 12.8 Å². The molecule has 2 unspecified atom stereocenters. The SMILES string of the molecule is CCOC(=O)CCCCCC(OCC)C(C)N. The first-order valence-electron chi connectivity index (χ1n) is 6.64. The summed E-state index contributed by atoms with van der Waals surface area (Å²) in [6.07, 6.45) is 4.58. The van der Waals surface area contributed by atoms with Crippen LogP contribution in [0.1, 0.15) is 52.9 Å². The van der Waals surface area contributed by atoms with E-state index in [9.17, 15) is 4.79 Å². The van der Waals surface area contributed by atoms with Gasteiger partial charge in [0.25, 0.3) is 0 Å². The molecule has 0 saturated heterocycles. The van der Waals surface area contributed by atoms with Gasteiger partial charge < -0.3 is 15.2 Å². The maximum absolute atomic E-state index is 11.1. The molecule has 0 bridgehead atoms. The van der Waals surface area contributed by atoms with Crippen LogP contribution in [0.4, 0.5) is 0 Å². The van der Waals surface area contributed by atoms with Crippen molar-refractivity contribution in [3.8, 4) is 0 Å². The van der Waals surface area contributed by atoms with Crippen molar-refractivity contribution >= 4 is 5.97 Å².